The number of nitrogens with zero attached hydrogens (tertiary/aromatic N) is 7. The Morgan fingerprint density at radius 2 is 1.23 bits per heavy atom. The molecule has 57 heavy (non-hydrogen) atoms. The molecule has 0 aliphatic heterocycles. The predicted octanol–water partition coefficient (Wildman–Crippen LogP) is 7.30. The van der Waals surface area contributed by atoms with Gasteiger partial charge in [-0.25, -0.2) is 19.9 Å². The first kappa shape index (κ1) is 36.4. The summed E-state index contributed by atoms with van der Waals surface area (Å²) in [5, 5.41) is 9.45. The van der Waals surface area contributed by atoms with Gasteiger partial charge in [-0.2, -0.15) is 0 Å². The number of ether oxygens (including phenoxy) is 1. The molecule has 6 heterocycles. The van der Waals surface area contributed by atoms with Gasteiger partial charge in [-0.05, 0) is 101 Å². The molecule has 0 fully saturated rings. The second-order valence-corrected chi connectivity index (χ2v) is 13.5. The molecule has 9 rings (SSSR count). The fourth-order valence-electron chi connectivity index (χ4n) is 7.00. The molecule has 0 spiro atoms. The Morgan fingerprint density at radius 1 is 0.667 bits per heavy atom. The minimum atomic E-state index is -0.184. The van der Waals surface area contributed by atoms with Crippen LogP contribution in [0.1, 0.15) is 16.7 Å². The molecule has 0 amide bonds. The Morgan fingerprint density at radius 3 is 1.79 bits per heavy atom. The number of hydrogen-bond donors (Lipinski definition) is 3. The Kier molecular flexibility index (Phi) is 9.78. The molecule has 282 valence electrons. The molecule has 13 nitrogen and oxygen atoms in total. The second kappa shape index (κ2) is 15.3. The highest BCUT2D eigenvalue weighted by molar-refractivity contribution is 5.99. The number of aromatic amines is 1. The van der Waals surface area contributed by atoms with Crippen LogP contribution in [-0.4, -0.2) is 60.7 Å². The van der Waals surface area contributed by atoms with Gasteiger partial charge in [0.1, 0.15) is 16.8 Å². The van der Waals surface area contributed by atoms with E-state index in [2.05, 4.69) is 51.6 Å². The molecule has 0 bridgehead atoms. The number of H-pyrrole nitrogens is 1. The highest BCUT2D eigenvalue weighted by Gasteiger charge is 2.15. The van der Waals surface area contributed by atoms with Crippen molar-refractivity contribution >= 4 is 55.5 Å². The average Bonchev–Trinajstić information content (AvgIpc) is 3.24. The largest absolute Gasteiger partial charge is 0.497 e. The molecule has 0 aliphatic carbocycles. The predicted molar refractivity (Wildman–Crippen MR) is 226 cm³/mol. The standard InChI is InChI=1S/C26H23N5O2.C18H15N5O/c1-16-13-28-24-21(10-11-31(25(24)32)15-17-4-7-20(33-3)8-5-17)23(16)18-6-9-22-19(12-18)14-29-26(27-2)30-22;1-10-8-21-16-13(5-6-20-17(16)24)15(10)11-3-4-14-12(7-11)9-22-18(19-2)23-14/h4-14H,15H2,1-3H3,(H,27,29,30);3-9H,1-2H3,(H,20,24)(H,19,22,23). The van der Waals surface area contributed by atoms with E-state index in [1.165, 1.54) is 0 Å². The number of hydrogen-bond acceptors (Lipinski definition) is 11. The first-order chi connectivity index (χ1) is 27.7. The van der Waals surface area contributed by atoms with Crippen molar-refractivity contribution in [1.82, 2.24) is 39.5 Å². The number of rotatable bonds is 7. The third kappa shape index (κ3) is 7.09. The van der Waals surface area contributed by atoms with Gasteiger partial charge >= 0.3 is 0 Å². The number of pyridine rings is 4. The Hall–Kier alpha value is -7.54. The summed E-state index contributed by atoms with van der Waals surface area (Å²) in [5.41, 5.74) is 9.36. The van der Waals surface area contributed by atoms with Gasteiger partial charge in [0.05, 0.1) is 24.7 Å². The lowest BCUT2D eigenvalue weighted by Crippen LogP contribution is -2.21. The Bertz CT molecular complexity index is 3090. The first-order valence-electron chi connectivity index (χ1n) is 18.2. The second-order valence-electron chi connectivity index (χ2n) is 13.5. The average molecular weight is 755 g/mol. The maximum atomic E-state index is 13.3. The summed E-state index contributed by atoms with van der Waals surface area (Å²) in [6.45, 7) is 4.47. The monoisotopic (exact) mass is 754 g/mol. The zero-order chi connectivity index (χ0) is 39.6. The molecule has 0 aliphatic rings. The number of aromatic nitrogens is 8. The van der Waals surface area contributed by atoms with Crippen molar-refractivity contribution in [3.63, 3.8) is 0 Å². The zero-order valence-electron chi connectivity index (χ0n) is 32.0. The van der Waals surface area contributed by atoms with Crippen LogP contribution in [0.15, 0.2) is 120 Å². The summed E-state index contributed by atoms with van der Waals surface area (Å²) in [6, 6.07) is 23.6. The van der Waals surface area contributed by atoms with Crippen molar-refractivity contribution in [2.75, 3.05) is 31.8 Å². The zero-order valence-corrected chi connectivity index (χ0v) is 32.0. The van der Waals surface area contributed by atoms with Gasteiger partial charge in [-0.1, -0.05) is 24.3 Å². The minimum Gasteiger partial charge on any atom is -0.497 e. The summed E-state index contributed by atoms with van der Waals surface area (Å²) in [7, 11) is 5.22. The van der Waals surface area contributed by atoms with Gasteiger partial charge in [0.2, 0.25) is 11.9 Å². The van der Waals surface area contributed by atoms with E-state index in [4.69, 9.17) is 4.74 Å². The molecule has 0 saturated carbocycles. The molecule has 3 N–H and O–H groups in total. The van der Waals surface area contributed by atoms with Crippen molar-refractivity contribution < 1.29 is 4.74 Å². The van der Waals surface area contributed by atoms with Crippen molar-refractivity contribution in [3.05, 3.63) is 147 Å². The SMILES string of the molecule is CNc1ncc2cc(-c3c(C)cnc4c(=O)[nH]ccc34)ccc2n1.CNc1ncc2cc(-c3c(C)cnc4c(=O)n(Cc5ccc(OC)cc5)ccc34)ccc2n1. The molecule has 0 atom stereocenters. The lowest BCUT2D eigenvalue weighted by molar-refractivity contribution is 0.414. The van der Waals surface area contributed by atoms with Crippen molar-refractivity contribution in [3.8, 4) is 28.0 Å². The molecule has 0 unspecified atom stereocenters. The molecule has 3 aromatic carbocycles. The molecule has 0 radical (unpaired) electrons. The van der Waals surface area contributed by atoms with Gasteiger partial charge in [0.15, 0.2) is 0 Å². The van der Waals surface area contributed by atoms with E-state index in [9.17, 15) is 9.59 Å². The molecule has 9 aromatic rings. The Balaban J connectivity index is 0.000000168. The third-order valence-corrected chi connectivity index (χ3v) is 9.87. The number of fused-ring (bicyclic) bond motifs is 4. The van der Waals surface area contributed by atoms with Crippen LogP contribution in [0.5, 0.6) is 5.75 Å². The molecule has 13 heteroatoms. The summed E-state index contributed by atoms with van der Waals surface area (Å²) in [4.78, 5) is 54.3. The van der Waals surface area contributed by atoms with E-state index in [-0.39, 0.29) is 11.1 Å². The van der Waals surface area contributed by atoms with Gasteiger partial charge in [-0.15, -0.1) is 0 Å². The van der Waals surface area contributed by atoms with Crippen molar-refractivity contribution in [1.29, 1.82) is 0 Å². The molecule has 0 saturated heterocycles. The van der Waals surface area contributed by atoms with E-state index in [1.54, 1.807) is 56.8 Å². The smallest absolute Gasteiger partial charge is 0.277 e. The maximum Gasteiger partial charge on any atom is 0.277 e. The Labute approximate surface area is 326 Å². The van der Waals surface area contributed by atoms with E-state index in [1.807, 2.05) is 86.8 Å². The molecule has 6 aromatic heterocycles. The first-order valence-corrected chi connectivity index (χ1v) is 18.2. The van der Waals surface area contributed by atoms with Crippen LogP contribution in [-0.2, 0) is 6.54 Å². The number of nitrogens with one attached hydrogen (secondary N) is 3. The van der Waals surface area contributed by atoms with Crippen LogP contribution in [0.3, 0.4) is 0 Å². The van der Waals surface area contributed by atoms with Crippen LogP contribution in [0.4, 0.5) is 11.9 Å². The molecular formula is C44H38N10O3. The van der Waals surface area contributed by atoms with Gasteiger partial charge < -0.3 is 24.9 Å². The summed E-state index contributed by atoms with van der Waals surface area (Å²) < 4.78 is 6.90. The van der Waals surface area contributed by atoms with Gasteiger partial charge in [-0.3, -0.25) is 19.6 Å². The number of anilines is 2. The van der Waals surface area contributed by atoms with Crippen LogP contribution in [0, 0.1) is 13.8 Å². The van der Waals surface area contributed by atoms with E-state index in [0.717, 1.165) is 77.3 Å². The van der Waals surface area contributed by atoms with Crippen molar-refractivity contribution in [2.45, 2.75) is 20.4 Å². The van der Waals surface area contributed by atoms with Crippen molar-refractivity contribution in [2.24, 2.45) is 0 Å². The summed E-state index contributed by atoms with van der Waals surface area (Å²) in [6.07, 6.45) is 10.6. The lowest BCUT2D eigenvalue weighted by Gasteiger charge is -2.13. The highest BCUT2D eigenvalue weighted by Crippen LogP contribution is 2.33. The quantitative estimate of drug-likeness (QED) is 0.150. The van der Waals surface area contributed by atoms with E-state index < -0.39 is 0 Å². The molecular weight excluding hydrogens is 717 g/mol. The third-order valence-electron chi connectivity index (χ3n) is 9.87. The topological polar surface area (TPSA) is 165 Å². The van der Waals surface area contributed by atoms with Gasteiger partial charge in [0, 0.05) is 72.8 Å². The number of benzene rings is 3. The number of methoxy groups -OCH3 is 1. The maximum absolute atomic E-state index is 13.3. The normalized spacial score (nSPS) is 11.1. The van der Waals surface area contributed by atoms with Crippen LogP contribution in [0.2, 0.25) is 0 Å². The van der Waals surface area contributed by atoms with Crippen LogP contribution in [0.25, 0.3) is 65.9 Å². The summed E-state index contributed by atoms with van der Waals surface area (Å²) >= 11 is 0. The minimum absolute atomic E-state index is 0.118. The van der Waals surface area contributed by atoms with Crippen LogP contribution >= 0.6 is 0 Å². The highest BCUT2D eigenvalue weighted by atomic mass is 16.5. The van der Waals surface area contributed by atoms with E-state index in [0.29, 0.717) is 29.5 Å². The van der Waals surface area contributed by atoms with E-state index >= 15 is 0 Å². The number of aryl methyl sites for hydroxylation is 2. The fraction of sp³-hybridized carbons (Fsp3) is 0.136. The fourth-order valence-corrected chi connectivity index (χ4v) is 7.00. The lowest BCUT2D eigenvalue weighted by atomic mass is 9.97. The van der Waals surface area contributed by atoms with Gasteiger partial charge in [0.25, 0.3) is 11.1 Å². The van der Waals surface area contributed by atoms with Crippen LogP contribution < -0.4 is 26.5 Å². The summed E-state index contributed by atoms with van der Waals surface area (Å²) in [5.74, 6) is 1.96.